The standard InChI is InChI=1S/C83H149N25O19/c1-10-49(6)68(107-71(115)51(8)96-83(127)69(52(9)109)108-70(114)50(7)95-65(112)44-90)82(126)103-59(33-19-25-41-89)76(120)101-60(34-35-63(91)110)78(122)106-67(48(4)5)81(125)102-58(32-18-24-40-88)75(119)99-57(31-17-23-39-87)77(121)104-61(42-47(2)3)79(123)105-62(43-53-26-12-11-13-27-53)80(124)100-56(30-16-22-38-86)74(118)98-55(29-15-21-37-85)73(117)97-54(28-14-20-36-84)72(116)94-46-66(113)93-45-64(92)111/h11-13,26-27,47-52,54-62,67-69,109H,10,14-25,28-46,84-90H2,1-9H3,(H2,91,110)(H2,92,111)(H,93,113)(H,94,116)(H,95,112)(H,96,127)(H,97,117)(H,98,118)(H,99,119)(H,100,124)(H,101,120)(H,102,125)(H,103,126)(H,104,121)(H,105,123)(H,106,122)(H,107,115)(H,108,114)/t49-,50-,51-,52+,54-,55-,56-,57-,58-,59-,60-,61-,62-,67-,68-,69-/m0/s1. The highest BCUT2D eigenvalue weighted by molar-refractivity contribution is 6.01. The highest BCUT2D eigenvalue weighted by Crippen LogP contribution is 2.17. The summed E-state index contributed by atoms with van der Waals surface area (Å²) in [7, 11) is 0. The first-order valence-electron chi connectivity index (χ1n) is 44.2. The molecule has 0 radical (unpaired) electrons. The highest BCUT2D eigenvalue weighted by atomic mass is 16.3. The van der Waals surface area contributed by atoms with Crippen LogP contribution < -0.4 is 137 Å². The quantitative estimate of drug-likeness (QED) is 0.0270. The summed E-state index contributed by atoms with van der Waals surface area (Å²) >= 11 is 0. The molecule has 0 spiro atoms. The van der Waals surface area contributed by atoms with E-state index in [9.17, 15) is 91.4 Å². The zero-order chi connectivity index (χ0) is 95.8. The fourth-order valence-electron chi connectivity index (χ4n) is 13.0. The maximum absolute atomic E-state index is 15.0. The number of aliphatic hydroxyl groups excluding tert-OH is 1. The lowest BCUT2D eigenvalue weighted by Gasteiger charge is -2.30. The number of aliphatic hydroxyl groups is 1. The minimum atomic E-state index is -1.62. The summed E-state index contributed by atoms with van der Waals surface area (Å²) < 4.78 is 0. The summed E-state index contributed by atoms with van der Waals surface area (Å²) in [5, 5.41) is 52.0. The number of benzene rings is 1. The maximum atomic E-state index is 15.0. The van der Waals surface area contributed by atoms with Gasteiger partial charge in [-0.1, -0.05) is 78.3 Å². The Hall–Kier alpha value is -10.6. The maximum Gasteiger partial charge on any atom is 0.245 e. The molecule has 44 nitrogen and oxygen atoms in total. The zero-order valence-corrected chi connectivity index (χ0v) is 75.4. The fourth-order valence-corrected chi connectivity index (χ4v) is 13.0. The molecule has 0 aliphatic heterocycles. The lowest BCUT2D eigenvalue weighted by Crippen LogP contribution is -2.62. The summed E-state index contributed by atoms with van der Waals surface area (Å²) in [5.74, 6) is -17.0. The van der Waals surface area contributed by atoms with Crippen LogP contribution in [0.4, 0.5) is 0 Å². The van der Waals surface area contributed by atoms with Gasteiger partial charge in [0.05, 0.1) is 25.7 Å². The molecule has 44 heteroatoms. The first-order chi connectivity index (χ1) is 60.2. The smallest absolute Gasteiger partial charge is 0.245 e. The van der Waals surface area contributed by atoms with Crippen LogP contribution in [0.1, 0.15) is 209 Å². The zero-order valence-electron chi connectivity index (χ0n) is 75.4. The monoisotopic (exact) mass is 1800 g/mol. The van der Waals surface area contributed by atoms with E-state index in [2.05, 4.69) is 85.1 Å². The Kier molecular flexibility index (Phi) is 57.8. The molecule has 18 amide bonds. The van der Waals surface area contributed by atoms with Gasteiger partial charge in [-0.15, -0.1) is 0 Å². The molecule has 0 aliphatic rings. The summed E-state index contributed by atoms with van der Waals surface area (Å²) in [6.07, 6.45) is 1.82. The minimum absolute atomic E-state index is 0.00680. The molecule has 1 aromatic carbocycles. The number of carbonyl (C=O) groups is 18. The Balaban J connectivity index is 3.81. The Morgan fingerprint density at radius 2 is 0.638 bits per heavy atom. The average Bonchev–Trinajstić information content (AvgIpc) is 0.848. The van der Waals surface area contributed by atoms with Gasteiger partial charge in [0.1, 0.15) is 84.6 Å². The van der Waals surface area contributed by atoms with Crippen LogP contribution in [-0.4, -0.2) is 261 Å². The van der Waals surface area contributed by atoms with Gasteiger partial charge in [0, 0.05) is 12.8 Å². The molecule has 0 bridgehead atoms. The van der Waals surface area contributed by atoms with Gasteiger partial charge >= 0.3 is 0 Å². The van der Waals surface area contributed by atoms with Crippen molar-refractivity contribution in [2.75, 3.05) is 58.9 Å². The van der Waals surface area contributed by atoms with Crippen molar-refractivity contribution in [3.8, 4) is 0 Å². The molecule has 0 saturated carbocycles. The van der Waals surface area contributed by atoms with E-state index in [1.807, 2.05) is 0 Å². The molecule has 16 atom stereocenters. The molecule has 0 unspecified atom stereocenters. The van der Waals surface area contributed by atoms with Gasteiger partial charge in [0.2, 0.25) is 106 Å². The van der Waals surface area contributed by atoms with Crippen LogP contribution >= 0.6 is 0 Å². The molecule has 127 heavy (non-hydrogen) atoms. The number of unbranched alkanes of at least 4 members (excludes halogenated alkanes) is 6. The van der Waals surface area contributed by atoms with E-state index < -0.39 is 241 Å². The molecule has 0 saturated heterocycles. The first kappa shape index (κ1) is 114. The van der Waals surface area contributed by atoms with E-state index in [0.717, 1.165) is 0 Å². The number of primary amides is 2. The van der Waals surface area contributed by atoms with Gasteiger partial charge in [-0.3, -0.25) is 86.3 Å². The summed E-state index contributed by atoms with van der Waals surface area (Å²) in [6, 6.07) is -11.1. The summed E-state index contributed by atoms with van der Waals surface area (Å²) in [5.41, 5.74) is 51.7. The van der Waals surface area contributed by atoms with Crippen molar-refractivity contribution in [1.29, 1.82) is 0 Å². The number of amides is 18. The second-order valence-electron chi connectivity index (χ2n) is 32.6. The third-order valence-corrected chi connectivity index (χ3v) is 20.7. The lowest BCUT2D eigenvalue weighted by molar-refractivity contribution is -0.137. The van der Waals surface area contributed by atoms with Gasteiger partial charge < -0.3 is 142 Å². The van der Waals surface area contributed by atoms with Gasteiger partial charge in [-0.2, -0.15) is 0 Å². The third-order valence-electron chi connectivity index (χ3n) is 20.7. The Labute approximate surface area is 744 Å². The number of hydrogen-bond donors (Lipinski definition) is 26. The van der Waals surface area contributed by atoms with E-state index in [4.69, 9.17) is 51.6 Å². The van der Waals surface area contributed by atoms with Crippen LogP contribution in [0.15, 0.2) is 30.3 Å². The van der Waals surface area contributed by atoms with Crippen molar-refractivity contribution in [1.82, 2.24) is 85.1 Å². The highest BCUT2D eigenvalue weighted by Gasteiger charge is 2.40. The topological polar surface area (TPSA) is 754 Å². The summed E-state index contributed by atoms with van der Waals surface area (Å²) in [6.45, 7) is 13.6. The fraction of sp³-hybridized carbons (Fsp3) is 0.711. The molecule has 0 heterocycles. The second kappa shape index (κ2) is 64.1. The van der Waals surface area contributed by atoms with E-state index in [1.54, 1.807) is 71.9 Å². The molecule has 1 rings (SSSR count). The average molecular weight is 1800 g/mol. The van der Waals surface area contributed by atoms with Gasteiger partial charge in [-0.05, 0) is 212 Å². The Morgan fingerprint density at radius 3 is 1.00 bits per heavy atom. The van der Waals surface area contributed by atoms with E-state index in [1.165, 1.54) is 20.8 Å². The first-order valence-corrected chi connectivity index (χ1v) is 44.2. The van der Waals surface area contributed by atoms with Crippen molar-refractivity contribution in [2.24, 2.45) is 69.4 Å². The minimum Gasteiger partial charge on any atom is -0.391 e. The van der Waals surface area contributed by atoms with Crippen LogP contribution in [0.2, 0.25) is 0 Å². The van der Waals surface area contributed by atoms with Gasteiger partial charge in [-0.25, -0.2) is 0 Å². The molecular weight excluding hydrogens is 1650 g/mol. The Morgan fingerprint density at radius 1 is 0.315 bits per heavy atom. The van der Waals surface area contributed by atoms with E-state index in [-0.39, 0.29) is 122 Å². The lowest BCUT2D eigenvalue weighted by atomic mass is 9.97. The van der Waals surface area contributed by atoms with Crippen LogP contribution in [0.5, 0.6) is 0 Å². The molecule has 0 aromatic heterocycles. The van der Waals surface area contributed by atoms with E-state index >= 15 is 0 Å². The molecule has 0 aliphatic carbocycles. The molecule has 35 N–H and O–H groups in total. The van der Waals surface area contributed by atoms with Crippen molar-refractivity contribution in [3.05, 3.63) is 35.9 Å². The molecule has 0 fully saturated rings. The second-order valence-corrected chi connectivity index (χ2v) is 32.6. The van der Waals surface area contributed by atoms with Crippen molar-refractivity contribution < 1.29 is 91.4 Å². The Bertz CT molecular complexity index is 3640. The van der Waals surface area contributed by atoms with E-state index in [0.29, 0.717) is 63.4 Å². The van der Waals surface area contributed by atoms with Crippen molar-refractivity contribution >= 4 is 106 Å². The van der Waals surface area contributed by atoms with Crippen LogP contribution in [0.3, 0.4) is 0 Å². The molecule has 720 valence electrons. The van der Waals surface area contributed by atoms with Crippen LogP contribution in [-0.2, 0) is 92.7 Å². The third kappa shape index (κ3) is 46.6. The number of hydrogen-bond acceptors (Lipinski definition) is 26. The van der Waals surface area contributed by atoms with Gasteiger partial charge in [0.15, 0.2) is 0 Å². The SMILES string of the molecule is CC[C@H](C)[C@H](NC(=O)[C@H](C)NC(=O)[C@@H](NC(=O)[C@H](C)NC(=O)CN)[C@@H](C)O)C(=O)N[C@@H](CCCCN)C(=O)N[C@@H](CCC(N)=O)C(=O)N[C@H](C(=O)N[C@@H](CCCCN)C(=O)N[C@@H](CCCCN)C(=O)N[C@@H](CC(C)C)C(=O)N[C@@H](Cc1ccccc1)C(=O)N[C@@H](CCCCN)C(=O)N[C@@H](CCCCN)C(=O)N[C@@H](CCCCN)C(=O)NCC(=O)NCC(N)=O)C(C)C. The van der Waals surface area contributed by atoms with Crippen LogP contribution in [0.25, 0.3) is 0 Å². The predicted molar refractivity (Wildman–Crippen MR) is 474 cm³/mol. The number of nitrogens with two attached hydrogens (primary N) is 9. The van der Waals surface area contributed by atoms with Crippen LogP contribution in [0, 0.1) is 17.8 Å². The predicted octanol–water partition coefficient (Wildman–Crippen LogP) is -7.10. The molecule has 1 aromatic rings. The largest absolute Gasteiger partial charge is 0.391 e. The molecular formula is C83H149N25O19. The number of rotatable bonds is 68. The summed E-state index contributed by atoms with van der Waals surface area (Å²) in [4.78, 5) is 249. The normalized spacial score (nSPS) is 15.0. The van der Waals surface area contributed by atoms with Gasteiger partial charge in [0.25, 0.3) is 0 Å². The van der Waals surface area contributed by atoms with Crippen molar-refractivity contribution in [3.63, 3.8) is 0 Å². The number of nitrogens with one attached hydrogen (secondary N) is 16. The van der Waals surface area contributed by atoms with Crippen molar-refractivity contribution in [2.45, 2.75) is 301 Å². The number of carbonyl (C=O) groups excluding carboxylic acids is 18.